The fourth-order valence-corrected chi connectivity index (χ4v) is 2.85. The summed E-state index contributed by atoms with van der Waals surface area (Å²) in [6, 6.07) is 10.7. The molecule has 0 aliphatic carbocycles. The highest BCUT2D eigenvalue weighted by molar-refractivity contribution is 5.75. The van der Waals surface area contributed by atoms with Crippen LogP contribution in [-0.4, -0.2) is 56.1 Å². The van der Waals surface area contributed by atoms with Gasteiger partial charge in [-0.1, -0.05) is 18.2 Å². The number of carbonyl (C=O) groups is 1. The minimum Gasteiger partial charge on any atom is -0.369 e. The number of benzene rings is 1. The largest absolute Gasteiger partial charge is 0.369 e. The molecular weight excluding hydrogens is 288 g/mol. The standard InChI is InChI=1S/C18H30N4O/c1-16(19)8-9-18(23)20-10-5-11-21-12-14-22(15-13-21)17-6-3-2-4-7-17/h2-4,6-7,16H,5,8-15,19H2,1H3,(H,20,23). The Bertz CT molecular complexity index is 455. The highest BCUT2D eigenvalue weighted by Gasteiger charge is 2.16. The molecule has 5 nitrogen and oxygen atoms in total. The number of anilines is 1. The lowest BCUT2D eigenvalue weighted by molar-refractivity contribution is -0.121. The van der Waals surface area contributed by atoms with Crippen molar-refractivity contribution >= 4 is 11.6 Å². The van der Waals surface area contributed by atoms with Crippen LogP contribution in [0.15, 0.2) is 30.3 Å². The molecule has 1 heterocycles. The number of rotatable bonds is 8. The van der Waals surface area contributed by atoms with Crippen LogP contribution in [0.1, 0.15) is 26.2 Å². The Kier molecular flexibility index (Phi) is 7.36. The second kappa shape index (κ2) is 9.53. The molecule has 0 spiro atoms. The molecule has 1 unspecified atom stereocenters. The molecule has 1 aliphatic heterocycles. The summed E-state index contributed by atoms with van der Waals surface area (Å²) < 4.78 is 0. The van der Waals surface area contributed by atoms with E-state index in [1.807, 2.05) is 6.92 Å². The summed E-state index contributed by atoms with van der Waals surface area (Å²) in [6.45, 7) is 8.08. The summed E-state index contributed by atoms with van der Waals surface area (Å²) in [6.07, 6.45) is 2.30. The van der Waals surface area contributed by atoms with Crippen molar-refractivity contribution in [3.05, 3.63) is 30.3 Å². The lowest BCUT2D eigenvalue weighted by Gasteiger charge is -2.36. The lowest BCUT2D eigenvalue weighted by Crippen LogP contribution is -2.47. The third-order valence-electron chi connectivity index (χ3n) is 4.29. The molecule has 3 N–H and O–H groups in total. The molecule has 0 saturated carbocycles. The van der Waals surface area contributed by atoms with Gasteiger partial charge in [-0.05, 0) is 38.4 Å². The molecule has 5 heteroatoms. The number of nitrogens with zero attached hydrogens (tertiary/aromatic N) is 2. The molecule has 1 saturated heterocycles. The zero-order valence-electron chi connectivity index (χ0n) is 14.2. The second-order valence-corrected chi connectivity index (χ2v) is 6.38. The van der Waals surface area contributed by atoms with Gasteiger partial charge in [-0.2, -0.15) is 0 Å². The van der Waals surface area contributed by atoms with Gasteiger partial charge in [0.25, 0.3) is 0 Å². The van der Waals surface area contributed by atoms with E-state index in [-0.39, 0.29) is 11.9 Å². The topological polar surface area (TPSA) is 61.6 Å². The number of carbonyl (C=O) groups excluding carboxylic acids is 1. The molecule has 128 valence electrons. The molecule has 1 fully saturated rings. The molecule has 23 heavy (non-hydrogen) atoms. The van der Waals surface area contributed by atoms with Gasteiger partial charge in [0.2, 0.25) is 5.91 Å². The molecule has 1 amide bonds. The number of piperazine rings is 1. The van der Waals surface area contributed by atoms with E-state index >= 15 is 0 Å². The predicted octanol–water partition coefficient (Wildman–Crippen LogP) is 1.44. The van der Waals surface area contributed by atoms with Crippen molar-refractivity contribution in [1.29, 1.82) is 0 Å². The van der Waals surface area contributed by atoms with Gasteiger partial charge in [0.15, 0.2) is 0 Å². The van der Waals surface area contributed by atoms with Gasteiger partial charge in [0.05, 0.1) is 0 Å². The van der Waals surface area contributed by atoms with Crippen molar-refractivity contribution in [2.24, 2.45) is 5.73 Å². The highest BCUT2D eigenvalue weighted by Crippen LogP contribution is 2.15. The number of para-hydroxylation sites is 1. The number of hydrogen-bond donors (Lipinski definition) is 2. The van der Waals surface area contributed by atoms with Crippen LogP contribution < -0.4 is 16.0 Å². The average Bonchev–Trinajstić information content (AvgIpc) is 2.58. The van der Waals surface area contributed by atoms with E-state index in [0.717, 1.165) is 52.1 Å². The number of amides is 1. The van der Waals surface area contributed by atoms with Crippen molar-refractivity contribution in [2.45, 2.75) is 32.2 Å². The third-order valence-corrected chi connectivity index (χ3v) is 4.29. The fraction of sp³-hybridized carbons (Fsp3) is 0.611. The van der Waals surface area contributed by atoms with Crippen LogP contribution in [0.25, 0.3) is 0 Å². The summed E-state index contributed by atoms with van der Waals surface area (Å²) in [5.74, 6) is 0.121. The van der Waals surface area contributed by atoms with E-state index in [4.69, 9.17) is 5.73 Å². The van der Waals surface area contributed by atoms with E-state index in [1.165, 1.54) is 5.69 Å². The van der Waals surface area contributed by atoms with E-state index < -0.39 is 0 Å². The molecule has 2 rings (SSSR count). The molecule has 1 aromatic rings. The van der Waals surface area contributed by atoms with Crippen LogP contribution in [0.5, 0.6) is 0 Å². The SMILES string of the molecule is CC(N)CCC(=O)NCCCN1CCN(c2ccccc2)CC1. The normalized spacial score (nSPS) is 17.0. The monoisotopic (exact) mass is 318 g/mol. The summed E-state index contributed by atoms with van der Waals surface area (Å²) in [5, 5.41) is 2.98. The minimum absolute atomic E-state index is 0.0988. The van der Waals surface area contributed by atoms with Crippen LogP contribution in [0.2, 0.25) is 0 Å². The number of nitrogens with one attached hydrogen (secondary N) is 1. The van der Waals surface area contributed by atoms with E-state index in [0.29, 0.717) is 6.42 Å². The maximum Gasteiger partial charge on any atom is 0.220 e. The first kappa shape index (κ1) is 17.8. The van der Waals surface area contributed by atoms with Gasteiger partial charge >= 0.3 is 0 Å². The smallest absolute Gasteiger partial charge is 0.220 e. The Morgan fingerprint density at radius 2 is 1.91 bits per heavy atom. The number of nitrogens with two attached hydrogens (primary N) is 1. The Hall–Kier alpha value is -1.59. The first-order chi connectivity index (χ1) is 11.1. The van der Waals surface area contributed by atoms with Crippen molar-refractivity contribution in [1.82, 2.24) is 10.2 Å². The quantitative estimate of drug-likeness (QED) is 0.712. The predicted molar refractivity (Wildman–Crippen MR) is 95.6 cm³/mol. The van der Waals surface area contributed by atoms with Gasteiger partial charge in [-0.3, -0.25) is 9.69 Å². The molecule has 1 aliphatic rings. The minimum atomic E-state index is 0.0988. The summed E-state index contributed by atoms with van der Waals surface area (Å²) in [4.78, 5) is 16.5. The third kappa shape index (κ3) is 6.59. The summed E-state index contributed by atoms with van der Waals surface area (Å²) in [5.41, 5.74) is 6.97. The van der Waals surface area contributed by atoms with Crippen LogP contribution in [0, 0.1) is 0 Å². The summed E-state index contributed by atoms with van der Waals surface area (Å²) in [7, 11) is 0. The molecule has 0 radical (unpaired) electrons. The maximum absolute atomic E-state index is 11.6. The van der Waals surface area contributed by atoms with Crippen LogP contribution in [0.4, 0.5) is 5.69 Å². The Labute approximate surface area is 139 Å². The van der Waals surface area contributed by atoms with Crippen LogP contribution in [-0.2, 0) is 4.79 Å². The van der Waals surface area contributed by atoms with Crippen molar-refractivity contribution < 1.29 is 4.79 Å². The molecule has 0 bridgehead atoms. The van der Waals surface area contributed by atoms with Gasteiger partial charge in [0.1, 0.15) is 0 Å². The summed E-state index contributed by atoms with van der Waals surface area (Å²) >= 11 is 0. The van der Waals surface area contributed by atoms with E-state index in [9.17, 15) is 4.79 Å². The molecular formula is C18H30N4O. The first-order valence-electron chi connectivity index (χ1n) is 8.70. The van der Waals surface area contributed by atoms with Gasteiger partial charge in [-0.15, -0.1) is 0 Å². The Balaban J connectivity index is 1.56. The highest BCUT2D eigenvalue weighted by atomic mass is 16.1. The lowest BCUT2D eigenvalue weighted by atomic mass is 10.2. The molecule has 1 aromatic carbocycles. The van der Waals surface area contributed by atoms with Crippen LogP contribution in [0.3, 0.4) is 0 Å². The van der Waals surface area contributed by atoms with Crippen molar-refractivity contribution in [2.75, 3.05) is 44.2 Å². The van der Waals surface area contributed by atoms with Crippen LogP contribution >= 0.6 is 0 Å². The zero-order valence-corrected chi connectivity index (χ0v) is 14.2. The fourth-order valence-electron chi connectivity index (χ4n) is 2.85. The van der Waals surface area contributed by atoms with Gasteiger partial charge in [-0.25, -0.2) is 0 Å². The molecule has 1 atom stereocenters. The van der Waals surface area contributed by atoms with Gasteiger partial charge < -0.3 is 16.0 Å². The Morgan fingerprint density at radius 3 is 2.57 bits per heavy atom. The average molecular weight is 318 g/mol. The second-order valence-electron chi connectivity index (χ2n) is 6.38. The maximum atomic E-state index is 11.6. The number of hydrogen-bond acceptors (Lipinski definition) is 4. The van der Waals surface area contributed by atoms with Crippen molar-refractivity contribution in [3.8, 4) is 0 Å². The zero-order chi connectivity index (χ0) is 16.5. The first-order valence-corrected chi connectivity index (χ1v) is 8.70. The van der Waals surface area contributed by atoms with Gasteiger partial charge in [0, 0.05) is 50.9 Å². The Morgan fingerprint density at radius 1 is 1.22 bits per heavy atom. The molecule has 0 aromatic heterocycles. The van der Waals surface area contributed by atoms with E-state index in [2.05, 4.69) is 45.4 Å². The van der Waals surface area contributed by atoms with Crippen molar-refractivity contribution in [3.63, 3.8) is 0 Å². The van der Waals surface area contributed by atoms with E-state index in [1.54, 1.807) is 0 Å².